The summed E-state index contributed by atoms with van der Waals surface area (Å²) in [5.74, 6) is -4.67. The van der Waals surface area contributed by atoms with E-state index >= 15 is 0 Å². The minimum absolute atomic E-state index is 0. The van der Waals surface area contributed by atoms with E-state index in [1.54, 1.807) is 49.2 Å². The summed E-state index contributed by atoms with van der Waals surface area (Å²) in [4.78, 5) is 78.2. The van der Waals surface area contributed by atoms with Crippen molar-refractivity contribution in [1.29, 1.82) is 0 Å². The van der Waals surface area contributed by atoms with Crippen LogP contribution in [0, 0.1) is 11.7 Å². The van der Waals surface area contributed by atoms with Gasteiger partial charge >= 0.3 is 11.7 Å². The van der Waals surface area contributed by atoms with Crippen molar-refractivity contribution >= 4 is 48.5 Å². The van der Waals surface area contributed by atoms with E-state index in [9.17, 15) is 43.4 Å². The quantitative estimate of drug-likeness (QED) is 0.0661. The van der Waals surface area contributed by atoms with E-state index < -0.39 is 102 Å². The molecule has 1 aliphatic rings. The summed E-state index contributed by atoms with van der Waals surface area (Å²) in [7, 11) is 0. The third-order valence-corrected chi connectivity index (χ3v) is 8.66. The molecule has 0 unspecified atom stereocenters. The zero-order chi connectivity index (χ0) is 37.8. The van der Waals surface area contributed by atoms with E-state index in [0.717, 1.165) is 0 Å². The lowest BCUT2D eigenvalue weighted by Gasteiger charge is -2.27. The van der Waals surface area contributed by atoms with Crippen LogP contribution >= 0.6 is 24.8 Å². The standard InChI is InChI=1S/C33H48FN7O10.2ClH/c1-4-17(2)24(32(48)50-16-23-25(42)26(43)31(51-23)41-15-20(34)28(45)40-33(41)49)39-30(47)22(14-19-10-6-5-7-11-19)38-27(44)18(3)37-29(46)21(36)12-8-9-13-35;;/h5-7,10-11,15,17-18,21-26,31,42-43H,4,8-9,12-14,16,35-36H2,1-3H3,(H,37,46)(H,38,44)(H,39,47)(H,40,45,49);2*1H/t17-,18-,21-,22-,23+,24-,25+,26+,31+;;/m0../s1. The van der Waals surface area contributed by atoms with Crippen molar-refractivity contribution in [1.82, 2.24) is 25.5 Å². The molecular formula is C33H50Cl2FN7O10. The number of esters is 1. The Balaban J connectivity index is 0.00000702. The maximum atomic E-state index is 13.9. The Bertz CT molecular complexity index is 1620. The molecule has 17 nitrogen and oxygen atoms in total. The van der Waals surface area contributed by atoms with E-state index in [0.29, 0.717) is 48.6 Å². The number of ether oxygens (including phenoxy) is 2. The van der Waals surface area contributed by atoms with Crippen LogP contribution in [0.5, 0.6) is 0 Å². The molecule has 3 rings (SSSR count). The number of aromatic amines is 1. The molecule has 1 aromatic carbocycles. The Labute approximate surface area is 317 Å². The molecule has 20 heteroatoms. The van der Waals surface area contributed by atoms with E-state index in [4.69, 9.17) is 20.9 Å². The molecule has 1 aromatic heterocycles. The maximum absolute atomic E-state index is 13.9. The molecule has 0 spiro atoms. The first kappa shape index (κ1) is 47.1. The number of aliphatic hydroxyl groups excluding tert-OH is 2. The number of aliphatic hydroxyl groups is 2. The molecule has 0 radical (unpaired) electrons. The van der Waals surface area contributed by atoms with Crippen molar-refractivity contribution in [3.8, 4) is 0 Å². The minimum Gasteiger partial charge on any atom is -0.461 e. The molecule has 1 saturated heterocycles. The first-order valence-electron chi connectivity index (χ1n) is 16.8. The van der Waals surface area contributed by atoms with Gasteiger partial charge in [-0.05, 0) is 37.8 Å². The van der Waals surface area contributed by atoms with Crippen LogP contribution in [0.25, 0.3) is 0 Å². The average Bonchev–Trinajstić information content (AvgIpc) is 3.39. The number of unbranched alkanes of at least 4 members (excludes halogenated alkanes) is 1. The third-order valence-electron chi connectivity index (χ3n) is 8.66. The monoisotopic (exact) mass is 793 g/mol. The van der Waals surface area contributed by atoms with Gasteiger partial charge in [-0.3, -0.25) is 28.7 Å². The lowest BCUT2D eigenvalue weighted by molar-refractivity contribution is -0.155. The highest BCUT2D eigenvalue weighted by molar-refractivity contribution is 5.94. The predicted octanol–water partition coefficient (Wildman–Crippen LogP) is -1.10. The first-order chi connectivity index (χ1) is 24.2. The second-order valence-electron chi connectivity index (χ2n) is 12.6. The summed E-state index contributed by atoms with van der Waals surface area (Å²) < 4.78 is 25.3. The fourth-order valence-electron chi connectivity index (χ4n) is 5.30. The summed E-state index contributed by atoms with van der Waals surface area (Å²) in [6, 6.07) is 4.46. The van der Waals surface area contributed by atoms with Crippen LogP contribution in [-0.2, 0) is 35.1 Å². The Kier molecular flexibility index (Phi) is 19.9. The number of carbonyl (C=O) groups excluding carboxylic acids is 4. The Morgan fingerprint density at radius 3 is 2.28 bits per heavy atom. The van der Waals surface area contributed by atoms with E-state index in [-0.39, 0.29) is 31.2 Å². The molecule has 298 valence electrons. The number of carbonyl (C=O) groups is 4. The number of hydrogen-bond donors (Lipinski definition) is 8. The fraction of sp³-hybridized carbons (Fsp3) is 0.576. The molecule has 0 bridgehead atoms. The number of amides is 3. The zero-order valence-corrected chi connectivity index (χ0v) is 31.2. The van der Waals surface area contributed by atoms with Crippen molar-refractivity contribution in [3.05, 3.63) is 68.7 Å². The van der Waals surface area contributed by atoms with Gasteiger partial charge < -0.3 is 47.1 Å². The van der Waals surface area contributed by atoms with Crippen molar-refractivity contribution in [3.63, 3.8) is 0 Å². The summed E-state index contributed by atoms with van der Waals surface area (Å²) in [6.07, 6.45) is -3.76. The third kappa shape index (κ3) is 13.2. The van der Waals surface area contributed by atoms with Gasteiger partial charge in [0.05, 0.1) is 12.2 Å². The molecule has 9 atom stereocenters. The van der Waals surface area contributed by atoms with Gasteiger partial charge in [-0.25, -0.2) is 9.59 Å². The number of benzene rings is 1. The number of H-pyrrole nitrogens is 1. The van der Waals surface area contributed by atoms with E-state index in [1.165, 1.54) is 6.92 Å². The second kappa shape index (κ2) is 22.3. The largest absolute Gasteiger partial charge is 0.461 e. The Hall–Kier alpha value is -3.91. The van der Waals surface area contributed by atoms with Gasteiger partial charge in [-0.15, -0.1) is 24.8 Å². The number of nitrogens with two attached hydrogens (primary N) is 2. The van der Waals surface area contributed by atoms with E-state index in [1.807, 2.05) is 0 Å². The number of nitrogens with one attached hydrogen (secondary N) is 4. The van der Waals surface area contributed by atoms with Crippen LogP contribution in [0.15, 0.2) is 46.1 Å². The SMILES string of the molecule is CC[C@H](C)[C@H](NC(=O)[C@H](Cc1ccccc1)NC(=O)[C@H](C)NC(=O)[C@@H](N)CCCCN)C(=O)OC[C@H]1O[C@@H](n2cc(F)c(=O)[nH]c2=O)[C@H](O)[C@@H]1O.Cl.Cl. The molecule has 1 aliphatic heterocycles. The topological polar surface area (TPSA) is 270 Å². The smallest absolute Gasteiger partial charge is 0.330 e. The van der Waals surface area contributed by atoms with Crippen LogP contribution in [0.4, 0.5) is 4.39 Å². The minimum atomic E-state index is -1.76. The predicted molar refractivity (Wildman–Crippen MR) is 195 cm³/mol. The molecule has 53 heavy (non-hydrogen) atoms. The molecule has 0 saturated carbocycles. The Morgan fingerprint density at radius 2 is 1.66 bits per heavy atom. The van der Waals surface area contributed by atoms with Gasteiger partial charge in [0.1, 0.15) is 43.0 Å². The summed E-state index contributed by atoms with van der Waals surface area (Å²) in [5.41, 5.74) is 9.74. The summed E-state index contributed by atoms with van der Waals surface area (Å²) >= 11 is 0. The highest BCUT2D eigenvalue weighted by Crippen LogP contribution is 2.28. The average molecular weight is 795 g/mol. The van der Waals surface area contributed by atoms with Gasteiger partial charge in [0.25, 0.3) is 5.56 Å². The molecular weight excluding hydrogens is 744 g/mol. The lowest BCUT2D eigenvalue weighted by Crippen LogP contribution is -2.57. The normalized spacial score (nSPS) is 20.7. The zero-order valence-electron chi connectivity index (χ0n) is 29.6. The first-order valence-corrected chi connectivity index (χ1v) is 16.8. The molecule has 3 amide bonds. The highest BCUT2D eigenvalue weighted by Gasteiger charge is 2.45. The van der Waals surface area contributed by atoms with Crippen LogP contribution < -0.4 is 38.7 Å². The van der Waals surface area contributed by atoms with Crippen molar-refractivity contribution in [2.45, 2.75) is 102 Å². The second-order valence-corrected chi connectivity index (χ2v) is 12.6. The summed E-state index contributed by atoms with van der Waals surface area (Å²) in [5, 5.41) is 28.9. The maximum Gasteiger partial charge on any atom is 0.330 e. The molecule has 2 heterocycles. The van der Waals surface area contributed by atoms with Crippen molar-refractivity contribution in [2.24, 2.45) is 17.4 Å². The molecule has 0 aliphatic carbocycles. The fourth-order valence-corrected chi connectivity index (χ4v) is 5.30. The van der Waals surface area contributed by atoms with Gasteiger partial charge in [-0.2, -0.15) is 4.39 Å². The van der Waals surface area contributed by atoms with Crippen LogP contribution in [-0.4, -0.2) is 99.1 Å². The van der Waals surface area contributed by atoms with Crippen molar-refractivity contribution in [2.75, 3.05) is 13.2 Å². The summed E-state index contributed by atoms with van der Waals surface area (Å²) in [6.45, 7) is 4.73. The molecule has 2 aromatic rings. The van der Waals surface area contributed by atoms with Gasteiger partial charge in [0.2, 0.25) is 23.5 Å². The van der Waals surface area contributed by atoms with Gasteiger partial charge in [0, 0.05) is 6.42 Å². The number of hydrogen-bond acceptors (Lipinski definition) is 12. The number of aromatic nitrogens is 2. The van der Waals surface area contributed by atoms with E-state index in [2.05, 4.69) is 16.0 Å². The number of rotatable bonds is 18. The Morgan fingerprint density at radius 1 is 1.00 bits per heavy atom. The van der Waals surface area contributed by atoms with Crippen LogP contribution in [0.1, 0.15) is 58.2 Å². The van der Waals surface area contributed by atoms with Crippen LogP contribution in [0.3, 0.4) is 0 Å². The van der Waals surface area contributed by atoms with Gasteiger partial charge in [-0.1, -0.05) is 57.0 Å². The number of halogens is 3. The highest BCUT2D eigenvalue weighted by atomic mass is 35.5. The molecule has 10 N–H and O–H groups in total. The van der Waals surface area contributed by atoms with Crippen LogP contribution in [0.2, 0.25) is 0 Å². The number of nitrogens with zero attached hydrogens (tertiary/aromatic N) is 1. The van der Waals surface area contributed by atoms with Crippen molar-refractivity contribution < 1.29 is 43.3 Å². The lowest BCUT2D eigenvalue weighted by atomic mass is 9.98. The molecule has 1 fully saturated rings. The van der Waals surface area contributed by atoms with Gasteiger partial charge in [0.15, 0.2) is 6.23 Å².